The Morgan fingerprint density at radius 3 is 2.35 bits per heavy atom. The van der Waals surface area contributed by atoms with Crippen molar-refractivity contribution in [2.24, 2.45) is 0 Å². The average molecular weight is 361 g/mol. The summed E-state index contributed by atoms with van der Waals surface area (Å²) in [7, 11) is 0. The van der Waals surface area contributed by atoms with E-state index in [1.807, 2.05) is 71.6 Å². The Bertz CT molecular complexity index is 993. The second-order valence-electron chi connectivity index (χ2n) is 5.50. The molecule has 128 valence electrons. The summed E-state index contributed by atoms with van der Waals surface area (Å²) in [6.07, 6.45) is 3.79. The molecule has 1 N–H and O–H groups in total. The zero-order valence-corrected chi connectivity index (χ0v) is 14.5. The topological polar surface area (TPSA) is 56.1 Å². The molecule has 2 aromatic heterocycles. The number of para-hydroxylation sites is 1. The van der Waals surface area contributed by atoms with E-state index in [2.05, 4.69) is 10.3 Å². The Balaban J connectivity index is 1.41. The van der Waals surface area contributed by atoms with Crippen molar-refractivity contribution < 1.29 is 9.53 Å². The van der Waals surface area contributed by atoms with Gasteiger partial charge in [0, 0.05) is 23.5 Å². The number of carbonyl (C=O) groups is 1. The van der Waals surface area contributed by atoms with Gasteiger partial charge in [-0.15, -0.1) is 11.3 Å². The van der Waals surface area contributed by atoms with Crippen LogP contribution in [0.25, 0.3) is 5.13 Å². The van der Waals surface area contributed by atoms with E-state index in [0.717, 1.165) is 10.9 Å². The first-order valence-corrected chi connectivity index (χ1v) is 8.89. The molecule has 0 atom stereocenters. The highest BCUT2D eigenvalue weighted by Gasteiger charge is 2.12. The molecule has 0 unspecified atom stereocenters. The lowest BCUT2D eigenvalue weighted by Crippen LogP contribution is -2.12. The van der Waals surface area contributed by atoms with Crippen LogP contribution in [0.1, 0.15) is 10.5 Å². The first-order valence-electron chi connectivity index (χ1n) is 8.01. The summed E-state index contributed by atoms with van der Waals surface area (Å²) in [5.74, 6) is 1.23. The molecule has 2 aromatic carbocycles. The SMILES string of the molecule is O=C(Nc1ccc(Oc2ccccc2)cc1)c1csc(-n2cccc2)n1. The normalized spacial score (nSPS) is 10.5. The van der Waals surface area contributed by atoms with Gasteiger partial charge in [-0.05, 0) is 48.5 Å². The molecular formula is C20H15N3O2S. The highest BCUT2D eigenvalue weighted by atomic mass is 32.1. The molecule has 26 heavy (non-hydrogen) atoms. The summed E-state index contributed by atoms with van der Waals surface area (Å²) in [4.78, 5) is 16.7. The van der Waals surface area contributed by atoms with Crippen molar-refractivity contribution in [2.75, 3.05) is 5.32 Å². The van der Waals surface area contributed by atoms with E-state index >= 15 is 0 Å². The molecule has 0 fully saturated rings. The fraction of sp³-hybridized carbons (Fsp3) is 0. The van der Waals surface area contributed by atoms with Crippen molar-refractivity contribution >= 4 is 22.9 Å². The summed E-state index contributed by atoms with van der Waals surface area (Å²) in [5, 5.41) is 5.35. The Hall–Kier alpha value is -3.38. The van der Waals surface area contributed by atoms with Gasteiger partial charge in [-0.3, -0.25) is 4.79 Å². The molecule has 6 heteroatoms. The summed E-state index contributed by atoms with van der Waals surface area (Å²) >= 11 is 1.42. The number of aromatic nitrogens is 2. The van der Waals surface area contributed by atoms with Gasteiger partial charge in [-0.25, -0.2) is 4.98 Å². The van der Waals surface area contributed by atoms with Crippen molar-refractivity contribution in [3.05, 3.63) is 90.2 Å². The van der Waals surface area contributed by atoms with E-state index in [0.29, 0.717) is 17.1 Å². The number of hydrogen-bond donors (Lipinski definition) is 1. The maximum Gasteiger partial charge on any atom is 0.275 e. The molecule has 0 saturated carbocycles. The van der Waals surface area contributed by atoms with Crippen LogP contribution in [-0.4, -0.2) is 15.5 Å². The lowest BCUT2D eigenvalue weighted by Gasteiger charge is -2.07. The quantitative estimate of drug-likeness (QED) is 0.545. The number of thiazole rings is 1. The van der Waals surface area contributed by atoms with Crippen LogP contribution in [0.5, 0.6) is 11.5 Å². The lowest BCUT2D eigenvalue weighted by atomic mass is 10.3. The van der Waals surface area contributed by atoms with E-state index < -0.39 is 0 Å². The molecule has 0 aliphatic rings. The summed E-state index contributed by atoms with van der Waals surface area (Å²) in [6, 6.07) is 20.6. The minimum Gasteiger partial charge on any atom is -0.457 e. The van der Waals surface area contributed by atoms with Crippen molar-refractivity contribution in [1.82, 2.24) is 9.55 Å². The second-order valence-corrected chi connectivity index (χ2v) is 6.34. The molecule has 4 rings (SSSR count). The molecule has 2 heterocycles. The predicted octanol–water partition coefficient (Wildman–Crippen LogP) is 4.98. The van der Waals surface area contributed by atoms with E-state index in [1.165, 1.54) is 11.3 Å². The summed E-state index contributed by atoms with van der Waals surface area (Å²) < 4.78 is 7.61. The van der Waals surface area contributed by atoms with Gasteiger partial charge in [0.15, 0.2) is 5.13 Å². The van der Waals surface area contributed by atoms with E-state index in [1.54, 1.807) is 17.5 Å². The predicted molar refractivity (Wildman–Crippen MR) is 102 cm³/mol. The van der Waals surface area contributed by atoms with Crippen LogP contribution in [0.3, 0.4) is 0 Å². The monoisotopic (exact) mass is 361 g/mol. The van der Waals surface area contributed by atoms with Gasteiger partial charge in [-0.2, -0.15) is 0 Å². The maximum absolute atomic E-state index is 12.4. The number of hydrogen-bond acceptors (Lipinski definition) is 4. The third kappa shape index (κ3) is 3.65. The summed E-state index contributed by atoms with van der Waals surface area (Å²) in [6.45, 7) is 0. The van der Waals surface area contributed by atoms with Gasteiger partial charge < -0.3 is 14.6 Å². The number of amides is 1. The van der Waals surface area contributed by atoms with Crippen LogP contribution < -0.4 is 10.1 Å². The Morgan fingerprint density at radius 1 is 0.923 bits per heavy atom. The average Bonchev–Trinajstić information content (AvgIpc) is 3.36. The largest absolute Gasteiger partial charge is 0.457 e. The Morgan fingerprint density at radius 2 is 1.62 bits per heavy atom. The number of ether oxygens (including phenoxy) is 1. The number of benzene rings is 2. The number of nitrogens with one attached hydrogen (secondary N) is 1. The molecule has 0 spiro atoms. The molecule has 5 nitrogen and oxygen atoms in total. The molecule has 0 radical (unpaired) electrons. The fourth-order valence-electron chi connectivity index (χ4n) is 2.38. The van der Waals surface area contributed by atoms with Crippen LogP contribution in [0.2, 0.25) is 0 Å². The molecular weight excluding hydrogens is 346 g/mol. The molecule has 4 aromatic rings. The van der Waals surface area contributed by atoms with Crippen LogP contribution in [0, 0.1) is 0 Å². The number of rotatable bonds is 5. The Kier molecular flexibility index (Phi) is 4.49. The van der Waals surface area contributed by atoms with Gasteiger partial charge in [0.2, 0.25) is 0 Å². The van der Waals surface area contributed by atoms with Crippen molar-refractivity contribution in [2.45, 2.75) is 0 Å². The van der Waals surface area contributed by atoms with E-state index in [4.69, 9.17) is 4.74 Å². The zero-order valence-electron chi connectivity index (χ0n) is 13.7. The second kappa shape index (κ2) is 7.25. The zero-order chi connectivity index (χ0) is 17.8. The first kappa shape index (κ1) is 16.1. The third-order valence-corrected chi connectivity index (χ3v) is 4.50. The van der Waals surface area contributed by atoms with Gasteiger partial charge in [0.1, 0.15) is 17.2 Å². The standard InChI is InChI=1S/C20H15N3O2S/c24-19(18-14-26-20(22-18)23-12-4-5-13-23)21-15-8-10-17(11-9-15)25-16-6-2-1-3-7-16/h1-14H,(H,21,24). The highest BCUT2D eigenvalue weighted by molar-refractivity contribution is 7.12. The number of anilines is 1. The lowest BCUT2D eigenvalue weighted by molar-refractivity contribution is 0.102. The number of carbonyl (C=O) groups excluding carboxylic acids is 1. The van der Waals surface area contributed by atoms with E-state index in [-0.39, 0.29) is 5.91 Å². The maximum atomic E-state index is 12.4. The number of nitrogens with zero attached hydrogens (tertiary/aromatic N) is 2. The molecule has 0 aliphatic carbocycles. The van der Waals surface area contributed by atoms with Crippen molar-refractivity contribution in [3.63, 3.8) is 0 Å². The van der Waals surface area contributed by atoms with Crippen LogP contribution in [-0.2, 0) is 0 Å². The van der Waals surface area contributed by atoms with Gasteiger partial charge in [0.05, 0.1) is 0 Å². The molecule has 0 saturated heterocycles. The van der Waals surface area contributed by atoms with Crippen LogP contribution in [0.4, 0.5) is 5.69 Å². The van der Waals surface area contributed by atoms with Gasteiger partial charge in [0.25, 0.3) is 5.91 Å². The van der Waals surface area contributed by atoms with Crippen LogP contribution in [0.15, 0.2) is 84.5 Å². The van der Waals surface area contributed by atoms with E-state index in [9.17, 15) is 4.79 Å². The molecule has 0 aliphatic heterocycles. The summed E-state index contributed by atoms with van der Waals surface area (Å²) in [5.41, 5.74) is 1.08. The molecule has 1 amide bonds. The highest BCUT2D eigenvalue weighted by Crippen LogP contribution is 2.23. The fourth-order valence-corrected chi connectivity index (χ4v) is 3.15. The minimum atomic E-state index is -0.239. The first-order chi connectivity index (χ1) is 12.8. The smallest absolute Gasteiger partial charge is 0.275 e. The van der Waals surface area contributed by atoms with Crippen molar-refractivity contribution in [1.29, 1.82) is 0 Å². The minimum absolute atomic E-state index is 0.239. The Labute approximate surface area is 154 Å². The van der Waals surface area contributed by atoms with Gasteiger partial charge >= 0.3 is 0 Å². The van der Waals surface area contributed by atoms with Crippen molar-refractivity contribution in [3.8, 4) is 16.6 Å². The van der Waals surface area contributed by atoms with Crippen LogP contribution >= 0.6 is 11.3 Å². The molecule has 0 bridgehead atoms. The third-order valence-electron chi connectivity index (χ3n) is 3.64. The van der Waals surface area contributed by atoms with Gasteiger partial charge in [-0.1, -0.05) is 18.2 Å².